The van der Waals surface area contributed by atoms with Crippen LogP contribution in [0.3, 0.4) is 0 Å². The van der Waals surface area contributed by atoms with Crippen LogP contribution in [0.25, 0.3) is 6.08 Å². The Labute approximate surface area is 169 Å². The van der Waals surface area contributed by atoms with Gasteiger partial charge in [0.05, 0.1) is 17.7 Å². The zero-order chi connectivity index (χ0) is 20.1. The molecule has 6 heteroatoms. The summed E-state index contributed by atoms with van der Waals surface area (Å²) in [7, 11) is 3.32. The molecule has 1 fully saturated rings. The zero-order valence-electron chi connectivity index (χ0n) is 16.1. The maximum atomic E-state index is 12.6. The van der Waals surface area contributed by atoms with Crippen molar-refractivity contribution in [3.05, 3.63) is 71.2 Å². The summed E-state index contributed by atoms with van der Waals surface area (Å²) in [6.45, 7) is 6.07. The fourth-order valence-electron chi connectivity index (χ4n) is 2.57. The Balaban J connectivity index is 1.85. The van der Waals surface area contributed by atoms with Gasteiger partial charge in [-0.3, -0.25) is 9.69 Å². The molecule has 0 radical (unpaired) electrons. The number of amidine groups is 1. The molecule has 0 saturated carbocycles. The van der Waals surface area contributed by atoms with Gasteiger partial charge in [0.2, 0.25) is 0 Å². The number of hydrogen-bond donors (Lipinski definition) is 0. The number of ether oxygens (including phenoxy) is 2. The van der Waals surface area contributed by atoms with Crippen LogP contribution in [-0.4, -0.2) is 36.7 Å². The standard InChI is InChI=1S/C22H22N2O3S/c1-5-12-27-18-11-8-16(13-19(18)26-4)14-20-21(25)24(3)22(28-20)23-17-9-6-15(2)7-10-17/h5-11,13-14H,1,12H2,2-4H3. The number of amides is 1. The van der Waals surface area contributed by atoms with Crippen molar-refractivity contribution in [2.24, 2.45) is 4.99 Å². The summed E-state index contributed by atoms with van der Waals surface area (Å²) in [5.74, 6) is 1.16. The molecule has 144 valence electrons. The first-order valence-corrected chi connectivity index (χ1v) is 9.58. The summed E-state index contributed by atoms with van der Waals surface area (Å²) in [5.41, 5.74) is 2.84. The summed E-state index contributed by atoms with van der Waals surface area (Å²) in [6.07, 6.45) is 3.51. The van der Waals surface area contributed by atoms with E-state index in [2.05, 4.69) is 11.6 Å². The van der Waals surface area contributed by atoms with Crippen molar-refractivity contribution in [3.8, 4) is 11.5 Å². The van der Waals surface area contributed by atoms with Gasteiger partial charge < -0.3 is 9.47 Å². The van der Waals surface area contributed by atoms with E-state index in [0.717, 1.165) is 11.3 Å². The van der Waals surface area contributed by atoms with E-state index < -0.39 is 0 Å². The van der Waals surface area contributed by atoms with Gasteiger partial charge in [0.25, 0.3) is 5.91 Å². The number of nitrogens with zero attached hydrogens (tertiary/aromatic N) is 2. The Hall–Kier alpha value is -2.99. The molecule has 0 atom stereocenters. The number of thioether (sulfide) groups is 1. The predicted octanol–water partition coefficient (Wildman–Crippen LogP) is 4.80. The fourth-order valence-corrected chi connectivity index (χ4v) is 3.56. The van der Waals surface area contributed by atoms with Gasteiger partial charge in [-0.1, -0.05) is 36.4 Å². The van der Waals surface area contributed by atoms with E-state index >= 15 is 0 Å². The van der Waals surface area contributed by atoms with Crippen LogP contribution in [0, 0.1) is 6.92 Å². The van der Waals surface area contributed by atoms with Crippen LogP contribution >= 0.6 is 11.8 Å². The first kappa shape index (κ1) is 19.8. The van der Waals surface area contributed by atoms with Gasteiger partial charge in [-0.25, -0.2) is 4.99 Å². The minimum atomic E-state index is -0.0817. The summed E-state index contributed by atoms with van der Waals surface area (Å²) >= 11 is 1.35. The van der Waals surface area contributed by atoms with Crippen LogP contribution in [0.15, 0.2) is 65.0 Å². The molecule has 0 unspecified atom stereocenters. The monoisotopic (exact) mass is 394 g/mol. The topological polar surface area (TPSA) is 51.1 Å². The molecule has 1 saturated heterocycles. The third-order valence-corrected chi connectivity index (χ3v) is 5.16. The number of likely N-dealkylation sites (N-methyl/N-ethyl adjacent to an activating group) is 1. The summed E-state index contributed by atoms with van der Waals surface area (Å²) in [5, 5.41) is 0.651. The summed E-state index contributed by atoms with van der Waals surface area (Å²) in [6, 6.07) is 13.4. The van der Waals surface area contributed by atoms with Gasteiger partial charge in [-0.05, 0) is 54.6 Å². The van der Waals surface area contributed by atoms with Crippen LogP contribution in [0.2, 0.25) is 0 Å². The van der Waals surface area contributed by atoms with E-state index in [-0.39, 0.29) is 5.91 Å². The van der Waals surface area contributed by atoms with Crippen molar-refractivity contribution in [1.82, 2.24) is 4.90 Å². The average Bonchev–Trinajstić information content (AvgIpc) is 2.96. The van der Waals surface area contributed by atoms with Gasteiger partial charge in [0.15, 0.2) is 16.7 Å². The number of carbonyl (C=O) groups excluding carboxylic acids is 1. The molecular formula is C22H22N2O3S. The van der Waals surface area contributed by atoms with Gasteiger partial charge in [0, 0.05) is 7.05 Å². The molecule has 28 heavy (non-hydrogen) atoms. The highest BCUT2D eigenvalue weighted by molar-refractivity contribution is 8.18. The third-order valence-electron chi connectivity index (χ3n) is 4.10. The molecule has 1 aliphatic rings. The second-order valence-electron chi connectivity index (χ2n) is 6.21. The predicted molar refractivity (Wildman–Crippen MR) is 115 cm³/mol. The maximum absolute atomic E-state index is 12.6. The SMILES string of the molecule is C=CCOc1ccc(C=C2SC(=Nc3ccc(C)cc3)N(C)C2=O)cc1OC. The molecule has 2 aromatic carbocycles. The first-order valence-electron chi connectivity index (χ1n) is 8.76. The van der Waals surface area contributed by atoms with Crippen molar-refractivity contribution in [3.63, 3.8) is 0 Å². The van der Waals surface area contributed by atoms with E-state index in [1.807, 2.05) is 55.5 Å². The molecule has 0 bridgehead atoms. The summed E-state index contributed by atoms with van der Waals surface area (Å²) < 4.78 is 11.0. The van der Waals surface area contributed by atoms with E-state index in [4.69, 9.17) is 9.47 Å². The fraction of sp³-hybridized carbons (Fsp3) is 0.182. The highest BCUT2D eigenvalue weighted by Crippen LogP contribution is 2.35. The van der Waals surface area contributed by atoms with Crippen LogP contribution in [0.5, 0.6) is 11.5 Å². The zero-order valence-corrected chi connectivity index (χ0v) is 17.0. The van der Waals surface area contributed by atoms with Crippen LogP contribution < -0.4 is 9.47 Å². The number of rotatable bonds is 6. The molecule has 5 nitrogen and oxygen atoms in total. The van der Waals surface area contributed by atoms with Crippen LogP contribution in [0.1, 0.15) is 11.1 Å². The lowest BCUT2D eigenvalue weighted by Crippen LogP contribution is -2.23. The second-order valence-corrected chi connectivity index (χ2v) is 7.22. The molecule has 1 heterocycles. The van der Waals surface area contributed by atoms with Gasteiger partial charge in [-0.2, -0.15) is 0 Å². The smallest absolute Gasteiger partial charge is 0.266 e. The quantitative estimate of drug-likeness (QED) is 0.522. The highest BCUT2D eigenvalue weighted by atomic mass is 32.2. The number of methoxy groups -OCH3 is 1. The highest BCUT2D eigenvalue weighted by Gasteiger charge is 2.30. The lowest BCUT2D eigenvalue weighted by molar-refractivity contribution is -0.121. The van der Waals surface area contributed by atoms with Gasteiger partial charge >= 0.3 is 0 Å². The van der Waals surface area contributed by atoms with E-state index in [0.29, 0.717) is 28.2 Å². The maximum Gasteiger partial charge on any atom is 0.266 e. The molecule has 1 amide bonds. The molecule has 1 aliphatic heterocycles. The number of benzene rings is 2. The minimum Gasteiger partial charge on any atom is -0.493 e. The Morgan fingerprint density at radius 1 is 1.18 bits per heavy atom. The van der Waals surface area contributed by atoms with Crippen LogP contribution in [0.4, 0.5) is 5.69 Å². The van der Waals surface area contributed by atoms with Crippen LogP contribution in [-0.2, 0) is 4.79 Å². The lowest BCUT2D eigenvalue weighted by atomic mass is 10.2. The van der Waals surface area contributed by atoms with E-state index in [1.165, 1.54) is 17.3 Å². The van der Waals surface area contributed by atoms with Crippen molar-refractivity contribution in [1.29, 1.82) is 0 Å². The molecule has 0 aromatic heterocycles. The number of hydrogen-bond acceptors (Lipinski definition) is 5. The molecule has 0 spiro atoms. The van der Waals surface area contributed by atoms with Crippen molar-refractivity contribution in [2.45, 2.75) is 6.92 Å². The third kappa shape index (κ3) is 4.46. The Morgan fingerprint density at radius 2 is 1.93 bits per heavy atom. The van der Waals surface area contributed by atoms with Crippen molar-refractivity contribution in [2.75, 3.05) is 20.8 Å². The Bertz CT molecular complexity index is 949. The van der Waals surface area contributed by atoms with E-state index in [9.17, 15) is 4.79 Å². The van der Waals surface area contributed by atoms with Crippen molar-refractivity contribution >= 4 is 34.6 Å². The van der Waals surface area contributed by atoms with Crippen molar-refractivity contribution < 1.29 is 14.3 Å². The largest absolute Gasteiger partial charge is 0.493 e. The minimum absolute atomic E-state index is 0.0817. The Morgan fingerprint density at radius 3 is 2.61 bits per heavy atom. The normalized spacial score (nSPS) is 16.7. The van der Waals surface area contributed by atoms with E-state index in [1.54, 1.807) is 25.1 Å². The second kappa shape index (κ2) is 8.80. The first-order chi connectivity index (χ1) is 13.5. The lowest BCUT2D eigenvalue weighted by Gasteiger charge is -2.10. The Kier molecular flexibility index (Phi) is 6.21. The van der Waals surface area contributed by atoms with Gasteiger partial charge in [-0.15, -0.1) is 0 Å². The molecule has 0 aliphatic carbocycles. The average molecular weight is 394 g/mol. The van der Waals surface area contributed by atoms with Gasteiger partial charge in [0.1, 0.15) is 6.61 Å². The number of carbonyl (C=O) groups is 1. The summed E-state index contributed by atoms with van der Waals surface area (Å²) in [4.78, 5) is 19.4. The molecular weight excluding hydrogens is 372 g/mol. The number of aliphatic imine (C=N–C) groups is 1. The number of aryl methyl sites for hydroxylation is 1. The molecule has 0 N–H and O–H groups in total. The molecule has 3 rings (SSSR count). The molecule has 2 aromatic rings.